The lowest BCUT2D eigenvalue weighted by molar-refractivity contribution is -0.141. The van der Waals surface area contributed by atoms with E-state index in [1.807, 2.05) is 40.7 Å². The quantitative estimate of drug-likeness (QED) is 0.466. The Morgan fingerprint density at radius 1 is 1.03 bits per heavy atom. The van der Waals surface area contributed by atoms with E-state index in [1.54, 1.807) is 37.3 Å². The van der Waals surface area contributed by atoms with Gasteiger partial charge in [-0.25, -0.2) is 8.42 Å². The van der Waals surface area contributed by atoms with Crippen LogP contribution < -0.4 is 9.62 Å². The maximum Gasteiger partial charge on any atom is 0.244 e. The molecule has 0 aromatic heterocycles. The zero-order valence-electron chi connectivity index (χ0n) is 21.9. The fourth-order valence-corrected chi connectivity index (χ4v) is 5.28. The second-order valence-corrected chi connectivity index (χ2v) is 12.7. The van der Waals surface area contributed by atoms with Crippen LogP contribution >= 0.6 is 23.2 Å². The number of carbonyl (C=O) groups is 2. The molecule has 2 aromatic rings. The minimum absolute atomic E-state index is 0.0577. The van der Waals surface area contributed by atoms with Crippen molar-refractivity contribution in [2.24, 2.45) is 0 Å². The standard InChI is InChI=1S/C26H35Cl2N3O4S/c1-8-23(25(33)29-26(4,5)6)30(15-20-21(27)10-9-11-22(20)28)24(32)16-31(36(7,34)35)19-13-17(2)12-18(3)14-19/h9-14,23H,8,15-16H2,1-7H3,(H,29,33). The van der Waals surface area contributed by atoms with Crippen molar-refractivity contribution in [2.75, 3.05) is 17.1 Å². The van der Waals surface area contributed by atoms with E-state index >= 15 is 0 Å². The molecule has 0 aliphatic rings. The van der Waals surface area contributed by atoms with Crippen LogP contribution in [0.25, 0.3) is 0 Å². The molecule has 36 heavy (non-hydrogen) atoms. The molecule has 2 rings (SSSR count). The molecule has 0 bridgehead atoms. The van der Waals surface area contributed by atoms with Gasteiger partial charge in [0.2, 0.25) is 21.8 Å². The lowest BCUT2D eigenvalue weighted by Crippen LogP contribution is -2.55. The van der Waals surface area contributed by atoms with E-state index in [1.165, 1.54) is 4.90 Å². The van der Waals surface area contributed by atoms with Gasteiger partial charge < -0.3 is 10.2 Å². The highest BCUT2D eigenvalue weighted by molar-refractivity contribution is 7.92. The highest BCUT2D eigenvalue weighted by atomic mass is 35.5. The van der Waals surface area contributed by atoms with Gasteiger partial charge in [-0.15, -0.1) is 0 Å². The number of anilines is 1. The second kappa shape index (κ2) is 11.8. The van der Waals surface area contributed by atoms with Crippen molar-refractivity contribution in [3.05, 3.63) is 63.1 Å². The first-order valence-electron chi connectivity index (χ1n) is 11.6. The number of hydrogen-bond acceptors (Lipinski definition) is 4. The van der Waals surface area contributed by atoms with Gasteiger partial charge >= 0.3 is 0 Å². The van der Waals surface area contributed by atoms with Crippen LogP contribution in [0.2, 0.25) is 10.0 Å². The van der Waals surface area contributed by atoms with E-state index in [9.17, 15) is 18.0 Å². The van der Waals surface area contributed by atoms with Crippen molar-refractivity contribution in [3.63, 3.8) is 0 Å². The number of nitrogens with zero attached hydrogens (tertiary/aromatic N) is 2. The average Bonchev–Trinajstić information content (AvgIpc) is 2.70. The van der Waals surface area contributed by atoms with Gasteiger partial charge in [0.05, 0.1) is 11.9 Å². The Bertz CT molecular complexity index is 1190. The van der Waals surface area contributed by atoms with E-state index in [0.717, 1.165) is 21.7 Å². The maximum atomic E-state index is 13.8. The van der Waals surface area contributed by atoms with Crippen molar-refractivity contribution in [2.45, 2.75) is 66.1 Å². The van der Waals surface area contributed by atoms with Gasteiger partial charge in [0.1, 0.15) is 12.6 Å². The zero-order valence-corrected chi connectivity index (χ0v) is 24.2. The fourth-order valence-electron chi connectivity index (χ4n) is 3.93. The molecule has 7 nitrogen and oxygen atoms in total. The SMILES string of the molecule is CCC(C(=O)NC(C)(C)C)N(Cc1c(Cl)cccc1Cl)C(=O)CN(c1cc(C)cc(C)c1)S(C)(=O)=O. The number of aryl methyl sites for hydroxylation is 2. The van der Waals surface area contributed by atoms with E-state index in [-0.39, 0.29) is 12.5 Å². The van der Waals surface area contributed by atoms with Crippen LogP contribution in [0.15, 0.2) is 36.4 Å². The highest BCUT2D eigenvalue weighted by Crippen LogP contribution is 2.28. The van der Waals surface area contributed by atoms with Crippen LogP contribution in [0, 0.1) is 13.8 Å². The number of carbonyl (C=O) groups excluding carboxylic acids is 2. The van der Waals surface area contributed by atoms with Gasteiger partial charge in [0, 0.05) is 27.7 Å². The molecule has 0 fully saturated rings. The van der Waals surface area contributed by atoms with Crippen molar-refractivity contribution in [1.29, 1.82) is 0 Å². The van der Waals surface area contributed by atoms with E-state index < -0.39 is 34.1 Å². The van der Waals surface area contributed by atoms with Crippen molar-refractivity contribution >= 4 is 50.7 Å². The first kappa shape index (κ1) is 29.9. The Balaban J connectivity index is 2.55. The summed E-state index contributed by atoms with van der Waals surface area (Å²) in [5.41, 5.74) is 2.06. The normalized spacial score (nSPS) is 12.7. The van der Waals surface area contributed by atoms with Crippen molar-refractivity contribution < 1.29 is 18.0 Å². The van der Waals surface area contributed by atoms with Gasteiger partial charge in [-0.3, -0.25) is 13.9 Å². The molecule has 2 amide bonds. The maximum absolute atomic E-state index is 13.8. The molecule has 0 radical (unpaired) electrons. The van der Waals surface area contributed by atoms with Crippen LogP contribution in [-0.4, -0.2) is 49.5 Å². The molecule has 0 spiro atoms. The average molecular weight is 557 g/mol. The Morgan fingerprint density at radius 2 is 1.56 bits per heavy atom. The summed E-state index contributed by atoms with van der Waals surface area (Å²) in [5.74, 6) is -0.898. The molecule has 0 heterocycles. The van der Waals surface area contributed by atoms with E-state index in [4.69, 9.17) is 23.2 Å². The van der Waals surface area contributed by atoms with Crippen molar-refractivity contribution in [1.82, 2.24) is 10.2 Å². The van der Waals surface area contributed by atoms with Crippen LogP contribution in [0.5, 0.6) is 0 Å². The second-order valence-electron chi connectivity index (χ2n) is 10.0. The molecule has 198 valence electrons. The molecular formula is C26H35Cl2N3O4S. The molecule has 1 N–H and O–H groups in total. The fraction of sp³-hybridized carbons (Fsp3) is 0.462. The smallest absolute Gasteiger partial charge is 0.244 e. The molecule has 0 saturated carbocycles. The number of halogens is 2. The van der Waals surface area contributed by atoms with E-state index in [2.05, 4.69) is 5.32 Å². The third kappa shape index (κ3) is 8.11. The van der Waals surface area contributed by atoms with Crippen molar-refractivity contribution in [3.8, 4) is 0 Å². The lowest BCUT2D eigenvalue weighted by Gasteiger charge is -2.35. The monoisotopic (exact) mass is 555 g/mol. The third-order valence-corrected chi connectivity index (χ3v) is 7.30. The Hall–Kier alpha value is -2.29. The lowest BCUT2D eigenvalue weighted by atomic mass is 10.1. The summed E-state index contributed by atoms with van der Waals surface area (Å²) in [6.45, 7) is 10.5. The minimum atomic E-state index is -3.82. The zero-order chi connectivity index (χ0) is 27.4. The van der Waals surface area contributed by atoms with Crippen LogP contribution in [0.4, 0.5) is 5.69 Å². The minimum Gasteiger partial charge on any atom is -0.350 e. The Labute approximate surface area is 224 Å². The summed E-state index contributed by atoms with van der Waals surface area (Å²) in [6, 6.07) is 9.46. The topological polar surface area (TPSA) is 86.8 Å². The number of hydrogen-bond donors (Lipinski definition) is 1. The molecule has 10 heteroatoms. The van der Waals surface area contributed by atoms with Gasteiger partial charge in [-0.1, -0.05) is 42.3 Å². The Kier molecular flexibility index (Phi) is 9.84. The number of benzene rings is 2. The number of nitrogens with one attached hydrogen (secondary N) is 1. The molecule has 1 atom stereocenters. The largest absolute Gasteiger partial charge is 0.350 e. The van der Waals surface area contributed by atoms with E-state index in [0.29, 0.717) is 27.7 Å². The summed E-state index contributed by atoms with van der Waals surface area (Å²) in [5, 5.41) is 3.62. The predicted molar refractivity (Wildman–Crippen MR) is 147 cm³/mol. The molecule has 0 aliphatic heterocycles. The number of sulfonamides is 1. The molecule has 2 aromatic carbocycles. The van der Waals surface area contributed by atoms with Crippen LogP contribution in [0.1, 0.15) is 50.8 Å². The summed E-state index contributed by atoms with van der Waals surface area (Å²) >= 11 is 12.8. The summed E-state index contributed by atoms with van der Waals surface area (Å²) in [4.78, 5) is 28.4. The molecule has 0 saturated heterocycles. The molecule has 1 unspecified atom stereocenters. The predicted octanol–water partition coefficient (Wildman–Crippen LogP) is 5.10. The van der Waals surface area contributed by atoms with Gasteiger partial charge in [-0.05, 0) is 76.4 Å². The summed E-state index contributed by atoms with van der Waals surface area (Å²) in [7, 11) is -3.82. The third-order valence-electron chi connectivity index (χ3n) is 5.45. The number of rotatable bonds is 9. The Morgan fingerprint density at radius 3 is 2.00 bits per heavy atom. The highest BCUT2D eigenvalue weighted by Gasteiger charge is 2.33. The van der Waals surface area contributed by atoms with Gasteiger partial charge in [0.15, 0.2) is 0 Å². The molecule has 0 aliphatic carbocycles. The van der Waals surface area contributed by atoms with Gasteiger partial charge in [0.25, 0.3) is 0 Å². The first-order valence-corrected chi connectivity index (χ1v) is 14.2. The first-order chi connectivity index (χ1) is 16.5. The molecular weight excluding hydrogens is 521 g/mol. The van der Waals surface area contributed by atoms with Crippen LogP contribution in [-0.2, 0) is 26.2 Å². The van der Waals surface area contributed by atoms with Gasteiger partial charge in [-0.2, -0.15) is 0 Å². The summed E-state index contributed by atoms with van der Waals surface area (Å²) in [6.07, 6.45) is 1.36. The summed E-state index contributed by atoms with van der Waals surface area (Å²) < 4.78 is 26.6. The van der Waals surface area contributed by atoms with Crippen LogP contribution in [0.3, 0.4) is 0 Å². The number of amides is 2.